The van der Waals surface area contributed by atoms with Crippen molar-refractivity contribution in [3.63, 3.8) is 0 Å². The number of hydroxylamine groups is 1. The maximum atomic E-state index is 12.7. The highest BCUT2D eigenvalue weighted by molar-refractivity contribution is 7.89. The van der Waals surface area contributed by atoms with Crippen molar-refractivity contribution in [1.82, 2.24) is 9.79 Å². The van der Waals surface area contributed by atoms with Crippen LogP contribution in [-0.4, -0.2) is 49.4 Å². The lowest BCUT2D eigenvalue weighted by Gasteiger charge is -2.34. The van der Waals surface area contributed by atoms with Gasteiger partial charge in [-0.1, -0.05) is 36.4 Å². The molecular formula is C19H19N3O5S. The van der Waals surface area contributed by atoms with E-state index in [9.17, 15) is 18.0 Å². The van der Waals surface area contributed by atoms with E-state index in [0.29, 0.717) is 11.3 Å². The van der Waals surface area contributed by atoms with Crippen molar-refractivity contribution in [2.45, 2.75) is 4.90 Å². The van der Waals surface area contributed by atoms with Gasteiger partial charge in [-0.2, -0.15) is 4.31 Å². The summed E-state index contributed by atoms with van der Waals surface area (Å²) in [6.45, 7) is 0.0620. The van der Waals surface area contributed by atoms with Crippen LogP contribution in [0.3, 0.4) is 0 Å². The molecule has 1 aliphatic rings. The number of amides is 2. The quantitative estimate of drug-likeness (QED) is 0.445. The molecule has 1 heterocycles. The average molecular weight is 401 g/mol. The number of para-hydroxylation sites is 1. The number of nitrogens with one attached hydrogen (secondary N) is 1. The van der Waals surface area contributed by atoms with E-state index in [1.54, 1.807) is 42.5 Å². The number of rotatable bonds is 5. The van der Waals surface area contributed by atoms with Gasteiger partial charge in [0.15, 0.2) is 0 Å². The van der Waals surface area contributed by atoms with E-state index in [2.05, 4.69) is 0 Å². The molecule has 9 heteroatoms. The van der Waals surface area contributed by atoms with Crippen molar-refractivity contribution in [3.8, 4) is 0 Å². The summed E-state index contributed by atoms with van der Waals surface area (Å²) in [6.07, 6.45) is 2.61. The molecule has 2 aromatic carbocycles. The zero-order chi connectivity index (χ0) is 20.1. The maximum absolute atomic E-state index is 12.7. The van der Waals surface area contributed by atoms with Crippen LogP contribution in [0.25, 0.3) is 6.08 Å². The third-order valence-electron chi connectivity index (χ3n) is 4.32. The van der Waals surface area contributed by atoms with Crippen LogP contribution in [0.1, 0.15) is 5.56 Å². The van der Waals surface area contributed by atoms with Gasteiger partial charge >= 0.3 is 0 Å². The molecule has 2 aromatic rings. The van der Waals surface area contributed by atoms with Crippen LogP contribution in [0.5, 0.6) is 0 Å². The van der Waals surface area contributed by atoms with Crippen LogP contribution in [0, 0.1) is 0 Å². The zero-order valence-electron chi connectivity index (χ0n) is 14.9. The van der Waals surface area contributed by atoms with E-state index >= 15 is 0 Å². The lowest BCUT2D eigenvalue weighted by Crippen LogP contribution is -2.52. The lowest BCUT2D eigenvalue weighted by atomic mass is 10.1. The van der Waals surface area contributed by atoms with Crippen molar-refractivity contribution in [2.75, 3.05) is 24.5 Å². The molecule has 0 unspecified atom stereocenters. The third kappa shape index (κ3) is 4.11. The van der Waals surface area contributed by atoms with Crippen LogP contribution >= 0.6 is 0 Å². The Kier molecular flexibility index (Phi) is 5.88. The second kappa shape index (κ2) is 8.34. The summed E-state index contributed by atoms with van der Waals surface area (Å²) >= 11 is 0. The molecule has 0 aliphatic carbocycles. The highest BCUT2D eigenvalue weighted by Gasteiger charge is 2.33. The number of sulfonamides is 1. The fourth-order valence-corrected chi connectivity index (χ4v) is 4.33. The minimum absolute atomic E-state index is 0.148. The molecule has 8 nitrogen and oxygen atoms in total. The first-order chi connectivity index (χ1) is 13.4. The summed E-state index contributed by atoms with van der Waals surface area (Å²) in [5.74, 6) is -1.06. The Labute approximate surface area is 162 Å². The first kappa shape index (κ1) is 19.7. The highest BCUT2D eigenvalue weighted by atomic mass is 32.2. The van der Waals surface area contributed by atoms with Gasteiger partial charge in [0.2, 0.25) is 15.9 Å². The minimum atomic E-state index is -3.74. The summed E-state index contributed by atoms with van der Waals surface area (Å²) in [5, 5.41) is 8.59. The molecule has 1 saturated heterocycles. The van der Waals surface area contributed by atoms with Gasteiger partial charge in [-0.15, -0.1) is 0 Å². The Hall–Kier alpha value is -3.01. The van der Waals surface area contributed by atoms with Crippen molar-refractivity contribution >= 4 is 33.6 Å². The highest BCUT2D eigenvalue weighted by Crippen LogP contribution is 2.25. The number of hydrogen-bond donors (Lipinski definition) is 2. The van der Waals surface area contributed by atoms with Gasteiger partial charge in [0.25, 0.3) is 5.91 Å². The van der Waals surface area contributed by atoms with E-state index in [0.717, 1.165) is 6.08 Å². The number of carbonyl (C=O) groups is 2. The van der Waals surface area contributed by atoms with Gasteiger partial charge in [-0.05, 0) is 29.8 Å². The Balaban J connectivity index is 1.81. The Morgan fingerprint density at radius 3 is 2.39 bits per heavy atom. The molecule has 146 valence electrons. The number of anilines is 1. The average Bonchev–Trinajstić information content (AvgIpc) is 2.73. The second-order valence-corrected chi connectivity index (χ2v) is 8.00. The van der Waals surface area contributed by atoms with Crippen LogP contribution in [0.4, 0.5) is 5.69 Å². The molecule has 0 spiro atoms. The van der Waals surface area contributed by atoms with Crippen molar-refractivity contribution in [2.24, 2.45) is 0 Å². The number of nitrogens with zero attached hydrogens (tertiary/aromatic N) is 2. The minimum Gasteiger partial charge on any atom is -0.309 e. The molecule has 0 atom stereocenters. The summed E-state index contributed by atoms with van der Waals surface area (Å²) in [7, 11) is -3.74. The van der Waals surface area contributed by atoms with E-state index in [4.69, 9.17) is 5.21 Å². The Morgan fingerprint density at radius 1 is 1.04 bits per heavy atom. The summed E-state index contributed by atoms with van der Waals surface area (Å²) < 4.78 is 26.6. The number of carbonyl (C=O) groups excluding carboxylic acids is 2. The number of hydrogen-bond acceptors (Lipinski definition) is 5. The molecule has 1 aliphatic heterocycles. The molecule has 1 fully saturated rings. The molecule has 2 N–H and O–H groups in total. The first-order valence-corrected chi connectivity index (χ1v) is 9.94. The summed E-state index contributed by atoms with van der Waals surface area (Å²) in [6, 6.07) is 14.9. The van der Waals surface area contributed by atoms with Gasteiger partial charge in [-0.25, -0.2) is 13.9 Å². The molecule has 0 aromatic heterocycles. The molecule has 28 heavy (non-hydrogen) atoms. The molecule has 2 amide bonds. The first-order valence-electron chi connectivity index (χ1n) is 8.50. The monoisotopic (exact) mass is 401 g/mol. The third-order valence-corrected chi connectivity index (χ3v) is 6.18. The predicted molar refractivity (Wildman–Crippen MR) is 103 cm³/mol. The van der Waals surface area contributed by atoms with Gasteiger partial charge in [-0.3, -0.25) is 14.8 Å². The van der Waals surface area contributed by atoms with E-state index in [1.807, 2.05) is 0 Å². The largest absolute Gasteiger partial charge is 0.309 e. The van der Waals surface area contributed by atoms with Crippen LogP contribution in [-0.2, 0) is 19.6 Å². The van der Waals surface area contributed by atoms with E-state index in [1.165, 1.54) is 32.9 Å². The molecule has 3 rings (SSSR count). The van der Waals surface area contributed by atoms with Crippen molar-refractivity contribution < 1.29 is 23.2 Å². The zero-order valence-corrected chi connectivity index (χ0v) is 15.7. The topological polar surface area (TPSA) is 107 Å². The predicted octanol–water partition coefficient (Wildman–Crippen LogP) is 1.24. The SMILES string of the molecule is O=C(C=Cc1ccccc1N1CCN(S(=O)(=O)c2ccccc2)CC1=O)NO. The fourth-order valence-electron chi connectivity index (χ4n) is 2.93. The lowest BCUT2D eigenvalue weighted by molar-refractivity contribution is -0.124. The summed E-state index contributed by atoms with van der Waals surface area (Å²) in [4.78, 5) is 25.6. The van der Waals surface area contributed by atoms with Gasteiger partial charge in [0.05, 0.1) is 17.1 Å². The van der Waals surface area contributed by atoms with Crippen molar-refractivity contribution in [3.05, 3.63) is 66.2 Å². The molecular weight excluding hydrogens is 382 g/mol. The molecule has 0 radical (unpaired) electrons. The van der Waals surface area contributed by atoms with Gasteiger partial charge in [0, 0.05) is 19.2 Å². The van der Waals surface area contributed by atoms with Crippen LogP contribution in [0.15, 0.2) is 65.6 Å². The fraction of sp³-hybridized carbons (Fsp3) is 0.158. The number of benzene rings is 2. The maximum Gasteiger partial charge on any atom is 0.267 e. The summed E-state index contributed by atoms with van der Waals surface area (Å²) in [5.41, 5.74) is 2.66. The van der Waals surface area contributed by atoms with E-state index < -0.39 is 15.9 Å². The Morgan fingerprint density at radius 2 is 1.71 bits per heavy atom. The molecule has 0 bridgehead atoms. The van der Waals surface area contributed by atoms with Gasteiger partial charge in [0.1, 0.15) is 0 Å². The van der Waals surface area contributed by atoms with Crippen molar-refractivity contribution in [1.29, 1.82) is 0 Å². The van der Waals surface area contributed by atoms with E-state index in [-0.39, 0.29) is 30.4 Å². The number of piperazine rings is 1. The second-order valence-electron chi connectivity index (χ2n) is 6.07. The smallest absolute Gasteiger partial charge is 0.267 e. The van der Waals surface area contributed by atoms with Crippen LogP contribution < -0.4 is 10.4 Å². The standard InChI is InChI=1S/C19H19N3O5S/c23-18(20-25)11-10-15-6-4-5-9-17(15)22-13-12-21(14-19(22)24)28(26,27)16-7-2-1-3-8-16/h1-11,25H,12-14H2,(H,20,23). The normalized spacial score (nSPS) is 15.8. The Bertz CT molecular complexity index is 1010. The van der Waals surface area contributed by atoms with Crippen LogP contribution in [0.2, 0.25) is 0 Å². The molecule has 0 saturated carbocycles. The van der Waals surface area contributed by atoms with Gasteiger partial charge < -0.3 is 4.90 Å².